The Bertz CT molecular complexity index is 123. The van der Waals surface area contributed by atoms with Gasteiger partial charge in [0.05, 0.1) is 0 Å². The van der Waals surface area contributed by atoms with Gasteiger partial charge in [-0.05, 0) is 51.2 Å². The van der Waals surface area contributed by atoms with E-state index in [9.17, 15) is 0 Å². The van der Waals surface area contributed by atoms with Gasteiger partial charge in [-0.3, -0.25) is 0 Å². The van der Waals surface area contributed by atoms with Crippen molar-refractivity contribution in [2.45, 2.75) is 40.0 Å². The van der Waals surface area contributed by atoms with Gasteiger partial charge in [0.15, 0.2) is 0 Å². The van der Waals surface area contributed by atoms with Crippen molar-refractivity contribution >= 4 is 0 Å². The zero-order valence-corrected chi connectivity index (χ0v) is 10.4. The topological polar surface area (TPSA) is 29.3 Å². The third kappa shape index (κ3) is 8.52. The van der Waals surface area contributed by atoms with Crippen LogP contribution in [0.15, 0.2) is 0 Å². The monoisotopic (exact) mass is 200 g/mol. The molecule has 0 amide bonds. The van der Waals surface area contributed by atoms with E-state index in [4.69, 9.17) is 5.73 Å². The van der Waals surface area contributed by atoms with Gasteiger partial charge in [-0.2, -0.15) is 0 Å². The molecule has 1 atom stereocenters. The van der Waals surface area contributed by atoms with E-state index in [1.54, 1.807) is 0 Å². The van der Waals surface area contributed by atoms with Crippen molar-refractivity contribution in [2.75, 3.05) is 26.7 Å². The van der Waals surface area contributed by atoms with Crippen LogP contribution in [-0.4, -0.2) is 31.6 Å². The van der Waals surface area contributed by atoms with Crippen molar-refractivity contribution < 1.29 is 0 Å². The first-order chi connectivity index (χ1) is 6.56. The minimum absolute atomic E-state index is 0.779. The maximum absolute atomic E-state index is 5.52. The average molecular weight is 200 g/mol. The van der Waals surface area contributed by atoms with Crippen LogP contribution in [0.1, 0.15) is 40.0 Å². The van der Waals surface area contributed by atoms with Crippen LogP contribution in [0, 0.1) is 11.8 Å². The fourth-order valence-electron chi connectivity index (χ4n) is 1.85. The largest absolute Gasteiger partial charge is 0.330 e. The number of hydrogen-bond donors (Lipinski definition) is 1. The first kappa shape index (κ1) is 13.9. The van der Waals surface area contributed by atoms with Crippen molar-refractivity contribution in [3.8, 4) is 0 Å². The molecular formula is C12H28N2. The van der Waals surface area contributed by atoms with E-state index in [0.717, 1.165) is 18.4 Å². The van der Waals surface area contributed by atoms with Crippen LogP contribution in [0.5, 0.6) is 0 Å². The Hall–Kier alpha value is -0.0800. The Morgan fingerprint density at radius 3 is 2.29 bits per heavy atom. The molecule has 0 aliphatic rings. The predicted octanol–water partition coefficient (Wildman–Crippen LogP) is 2.34. The highest BCUT2D eigenvalue weighted by molar-refractivity contribution is 4.58. The van der Waals surface area contributed by atoms with Gasteiger partial charge < -0.3 is 10.6 Å². The van der Waals surface area contributed by atoms with Gasteiger partial charge in [0, 0.05) is 6.54 Å². The van der Waals surface area contributed by atoms with Crippen molar-refractivity contribution in [2.24, 2.45) is 17.6 Å². The number of nitrogens with zero attached hydrogens (tertiary/aromatic N) is 1. The molecule has 0 aliphatic carbocycles. The lowest BCUT2D eigenvalue weighted by atomic mass is 10.0. The Balaban J connectivity index is 3.34. The molecule has 0 fully saturated rings. The standard InChI is InChI=1S/C12H28N2/c1-11(2)10-14(4)9-5-6-12(3)7-8-13/h11-12H,5-10,13H2,1-4H3. The van der Waals surface area contributed by atoms with E-state index in [-0.39, 0.29) is 0 Å². The first-order valence-electron chi connectivity index (χ1n) is 5.94. The second kappa shape index (κ2) is 8.25. The molecule has 0 spiro atoms. The summed E-state index contributed by atoms with van der Waals surface area (Å²) in [7, 11) is 2.22. The Labute approximate surface area is 89.9 Å². The van der Waals surface area contributed by atoms with Crippen LogP contribution in [-0.2, 0) is 0 Å². The van der Waals surface area contributed by atoms with E-state index in [1.807, 2.05) is 0 Å². The third-order valence-electron chi connectivity index (χ3n) is 2.57. The summed E-state index contributed by atoms with van der Waals surface area (Å²) in [6, 6.07) is 0. The molecule has 0 aliphatic heterocycles. The first-order valence-corrected chi connectivity index (χ1v) is 5.94. The quantitative estimate of drug-likeness (QED) is 0.651. The van der Waals surface area contributed by atoms with Gasteiger partial charge in [-0.15, -0.1) is 0 Å². The summed E-state index contributed by atoms with van der Waals surface area (Å²) in [6.45, 7) is 10.1. The van der Waals surface area contributed by atoms with E-state index in [2.05, 4.69) is 32.7 Å². The fraction of sp³-hybridized carbons (Fsp3) is 1.00. The molecule has 14 heavy (non-hydrogen) atoms. The molecule has 0 rings (SSSR count). The molecule has 0 aromatic rings. The molecule has 0 bridgehead atoms. The maximum Gasteiger partial charge on any atom is 0.000133 e. The van der Waals surface area contributed by atoms with Crippen LogP contribution < -0.4 is 5.73 Å². The molecule has 0 saturated carbocycles. The summed E-state index contributed by atoms with van der Waals surface area (Å²) in [6.07, 6.45) is 3.80. The fourth-order valence-corrected chi connectivity index (χ4v) is 1.85. The van der Waals surface area contributed by atoms with Crippen LogP contribution in [0.25, 0.3) is 0 Å². The molecular weight excluding hydrogens is 172 g/mol. The lowest BCUT2D eigenvalue weighted by molar-refractivity contribution is 0.281. The van der Waals surface area contributed by atoms with Gasteiger partial charge in [0.25, 0.3) is 0 Å². The molecule has 0 aromatic carbocycles. The Morgan fingerprint density at radius 1 is 1.14 bits per heavy atom. The highest BCUT2D eigenvalue weighted by atomic mass is 15.1. The van der Waals surface area contributed by atoms with Gasteiger partial charge in [-0.25, -0.2) is 0 Å². The van der Waals surface area contributed by atoms with Gasteiger partial charge in [0.2, 0.25) is 0 Å². The summed E-state index contributed by atoms with van der Waals surface area (Å²) in [5.41, 5.74) is 5.52. The van der Waals surface area contributed by atoms with Crippen LogP contribution >= 0.6 is 0 Å². The van der Waals surface area contributed by atoms with Gasteiger partial charge in [0.1, 0.15) is 0 Å². The van der Waals surface area contributed by atoms with Gasteiger partial charge >= 0.3 is 0 Å². The Morgan fingerprint density at radius 2 is 1.79 bits per heavy atom. The smallest absolute Gasteiger partial charge is 0.000133 e. The summed E-state index contributed by atoms with van der Waals surface area (Å²) in [4.78, 5) is 2.43. The second-order valence-electron chi connectivity index (χ2n) is 4.98. The van der Waals surface area contributed by atoms with Crippen molar-refractivity contribution in [1.82, 2.24) is 4.90 Å². The molecule has 86 valence electrons. The number of nitrogens with two attached hydrogens (primary N) is 1. The molecule has 2 N–H and O–H groups in total. The molecule has 0 saturated heterocycles. The van der Waals surface area contributed by atoms with E-state index >= 15 is 0 Å². The van der Waals surface area contributed by atoms with Crippen molar-refractivity contribution in [1.29, 1.82) is 0 Å². The lowest BCUT2D eigenvalue weighted by Crippen LogP contribution is -2.24. The predicted molar refractivity (Wildman–Crippen MR) is 64.4 cm³/mol. The van der Waals surface area contributed by atoms with Crippen molar-refractivity contribution in [3.63, 3.8) is 0 Å². The van der Waals surface area contributed by atoms with Crippen LogP contribution in [0.4, 0.5) is 0 Å². The average Bonchev–Trinajstić information content (AvgIpc) is 2.02. The third-order valence-corrected chi connectivity index (χ3v) is 2.57. The molecule has 2 nitrogen and oxygen atoms in total. The SMILES string of the molecule is CC(C)CN(C)CCCC(C)CCN. The maximum atomic E-state index is 5.52. The van der Waals surface area contributed by atoms with E-state index in [0.29, 0.717) is 0 Å². The molecule has 0 radical (unpaired) electrons. The van der Waals surface area contributed by atoms with Gasteiger partial charge in [-0.1, -0.05) is 20.8 Å². The number of rotatable bonds is 8. The summed E-state index contributed by atoms with van der Waals surface area (Å²) in [5.74, 6) is 1.58. The highest BCUT2D eigenvalue weighted by Crippen LogP contribution is 2.09. The lowest BCUT2D eigenvalue weighted by Gasteiger charge is -2.19. The summed E-state index contributed by atoms with van der Waals surface area (Å²) < 4.78 is 0. The minimum atomic E-state index is 0.779. The minimum Gasteiger partial charge on any atom is -0.330 e. The van der Waals surface area contributed by atoms with E-state index in [1.165, 1.54) is 32.4 Å². The zero-order valence-electron chi connectivity index (χ0n) is 10.4. The van der Waals surface area contributed by atoms with Crippen molar-refractivity contribution in [3.05, 3.63) is 0 Å². The molecule has 0 aromatic heterocycles. The number of hydrogen-bond acceptors (Lipinski definition) is 2. The summed E-state index contributed by atoms with van der Waals surface area (Å²) >= 11 is 0. The molecule has 1 unspecified atom stereocenters. The van der Waals surface area contributed by atoms with E-state index < -0.39 is 0 Å². The van der Waals surface area contributed by atoms with Crippen LogP contribution in [0.2, 0.25) is 0 Å². The van der Waals surface area contributed by atoms with Crippen LogP contribution in [0.3, 0.4) is 0 Å². The Kier molecular flexibility index (Phi) is 8.20. The highest BCUT2D eigenvalue weighted by Gasteiger charge is 2.04. The second-order valence-corrected chi connectivity index (χ2v) is 4.98. The molecule has 2 heteroatoms. The normalized spacial score (nSPS) is 13.9. The summed E-state index contributed by atoms with van der Waals surface area (Å²) in [5, 5.41) is 0. The molecule has 0 heterocycles. The zero-order chi connectivity index (χ0) is 11.0.